The highest BCUT2D eigenvalue weighted by molar-refractivity contribution is 6.43. The van der Waals surface area contributed by atoms with E-state index in [1.165, 1.54) is 0 Å². The van der Waals surface area contributed by atoms with Crippen LogP contribution in [0.1, 0.15) is 0 Å². The molecule has 0 N–H and O–H groups in total. The van der Waals surface area contributed by atoms with Gasteiger partial charge in [-0.25, -0.2) is 0 Å². The lowest BCUT2D eigenvalue weighted by molar-refractivity contribution is 0.669. The molecule has 0 fully saturated rings. The normalized spacial score (nSPS) is 11.3. The Morgan fingerprint density at radius 2 is 1.53 bits per heavy atom. The summed E-state index contributed by atoms with van der Waals surface area (Å²) in [4.78, 5) is 0. The number of para-hydroxylation sites is 1. The van der Waals surface area contributed by atoms with Crippen molar-refractivity contribution >= 4 is 45.1 Å². The summed E-state index contributed by atoms with van der Waals surface area (Å²) < 4.78 is 5.65. The van der Waals surface area contributed by atoms with Crippen LogP contribution < -0.4 is 0 Å². The molecule has 0 unspecified atom stereocenters. The van der Waals surface area contributed by atoms with E-state index in [0.717, 1.165) is 21.9 Å². The summed E-state index contributed by atoms with van der Waals surface area (Å²) in [5.74, 6) is 0. The van der Waals surface area contributed by atoms with Gasteiger partial charge in [-0.15, -0.1) is 0 Å². The first-order valence-corrected chi connectivity index (χ1v) is 5.27. The van der Waals surface area contributed by atoms with Crippen molar-refractivity contribution in [3.8, 4) is 0 Å². The van der Waals surface area contributed by atoms with Gasteiger partial charge in [-0.1, -0.05) is 41.4 Å². The summed E-state index contributed by atoms with van der Waals surface area (Å²) in [5.41, 5.74) is 1.62. The second kappa shape index (κ2) is 3.16. The van der Waals surface area contributed by atoms with E-state index in [9.17, 15) is 0 Å². The van der Waals surface area contributed by atoms with Crippen molar-refractivity contribution in [1.29, 1.82) is 0 Å². The SMILES string of the molecule is Clc1cc2oc3ccccc3c2cc1Cl. The minimum absolute atomic E-state index is 0.517. The number of halogens is 2. The standard InChI is InChI=1S/C12H6Cl2O/c13-9-5-8-7-3-1-2-4-11(7)15-12(8)6-10(9)14/h1-6H. The molecule has 0 aliphatic heterocycles. The third-order valence-electron chi connectivity index (χ3n) is 2.42. The summed E-state index contributed by atoms with van der Waals surface area (Å²) in [7, 11) is 0. The summed E-state index contributed by atoms with van der Waals surface area (Å²) in [5, 5.41) is 3.13. The fourth-order valence-corrected chi connectivity index (χ4v) is 2.04. The number of hydrogen-bond acceptors (Lipinski definition) is 1. The first kappa shape index (κ1) is 9.08. The van der Waals surface area contributed by atoms with Crippen molar-refractivity contribution in [3.63, 3.8) is 0 Å². The number of rotatable bonds is 0. The van der Waals surface area contributed by atoms with Crippen molar-refractivity contribution in [2.24, 2.45) is 0 Å². The number of hydrogen-bond donors (Lipinski definition) is 0. The molecule has 0 aliphatic carbocycles. The molecule has 3 aromatic rings. The average Bonchev–Trinajstić information content (AvgIpc) is 2.57. The Morgan fingerprint density at radius 1 is 0.800 bits per heavy atom. The van der Waals surface area contributed by atoms with Gasteiger partial charge in [0, 0.05) is 16.8 Å². The lowest BCUT2D eigenvalue weighted by atomic mass is 10.1. The maximum absolute atomic E-state index is 5.97. The van der Waals surface area contributed by atoms with Gasteiger partial charge >= 0.3 is 0 Å². The second-order valence-electron chi connectivity index (χ2n) is 3.36. The van der Waals surface area contributed by atoms with E-state index in [-0.39, 0.29) is 0 Å². The van der Waals surface area contributed by atoms with Crippen LogP contribution in [0.4, 0.5) is 0 Å². The Balaban J connectivity index is 2.56. The molecule has 0 radical (unpaired) electrons. The molecule has 0 aliphatic rings. The molecule has 1 nitrogen and oxygen atoms in total. The minimum atomic E-state index is 0.517. The van der Waals surface area contributed by atoms with Gasteiger partial charge in [-0.05, 0) is 12.1 Å². The molecule has 0 atom stereocenters. The van der Waals surface area contributed by atoms with Crippen molar-refractivity contribution in [2.75, 3.05) is 0 Å². The zero-order valence-electron chi connectivity index (χ0n) is 7.63. The van der Waals surface area contributed by atoms with Crippen LogP contribution in [0, 0.1) is 0 Å². The summed E-state index contributed by atoms with van der Waals surface area (Å²) in [6.45, 7) is 0. The topological polar surface area (TPSA) is 13.1 Å². The zero-order valence-corrected chi connectivity index (χ0v) is 9.14. The second-order valence-corrected chi connectivity index (χ2v) is 4.18. The Morgan fingerprint density at radius 3 is 2.40 bits per heavy atom. The van der Waals surface area contributed by atoms with Gasteiger partial charge in [0.25, 0.3) is 0 Å². The maximum atomic E-state index is 5.97. The summed E-state index contributed by atoms with van der Waals surface area (Å²) >= 11 is 11.9. The largest absolute Gasteiger partial charge is 0.456 e. The van der Waals surface area contributed by atoms with Crippen molar-refractivity contribution in [1.82, 2.24) is 0 Å². The lowest BCUT2D eigenvalue weighted by Crippen LogP contribution is -1.69. The molecule has 74 valence electrons. The van der Waals surface area contributed by atoms with E-state index in [0.29, 0.717) is 10.0 Å². The van der Waals surface area contributed by atoms with Gasteiger partial charge in [0.1, 0.15) is 11.2 Å². The molecule has 0 bridgehead atoms. The third kappa shape index (κ3) is 1.31. The molecule has 3 rings (SSSR count). The van der Waals surface area contributed by atoms with Crippen LogP contribution in [0.25, 0.3) is 21.9 Å². The van der Waals surface area contributed by atoms with E-state index < -0.39 is 0 Å². The van der Waals surface area contributed by atoms with E-state index in [1.54, 1.807) is 6.07 Å². The molecule has 15 heavy (non-hydrogen) atoms. The number of fused-ring (bicyclic) bond motifs is 3. The van der Waals surface area contributed by atoms with E-state index in [2.05, 4.69) is 0 Å². The lowest BCUT2D eigenvalue weighted by Gasteiger charge is -1.94. The molecule has 0 amide bonds. The predicted molar refractivity (Wildman–Crippen MR) is 63.7 cm³/mol. The van der Waals surface area contributed by atoms with Crippen LogP contribution in [-0.2, 0) is 0 Å². The molecular weight excluding hydrogens is 231 g/mol. The molecule has 0 saturated carbocycles. The van der Waals surface area contributed by atoms with Gasteiger partial charge in [0.2, 0.25) is 0 Å². The van der Waals surface area contributed by atoms with Crippen LogP contribution in [0.5, 0.6) is 0 Å². The molecule has 0 saturated heterocycles. The van der Waals surface area contributed by atoms with Crippen LogP contribution in [0.3, 0.4) is 0 Å². The van der Waals surface area contributed by atoms with Gasteiger partial charge in [-0.3, -0.25) is 0 Å². The highest BCUT2D eigenvalue weighted by Gasteiger charge is 2.08. The third-order valence-corrected chi connectivity index (χ3v) is 3.14. The fraction of sp³-hybridized carbons (Fsp3) is 0. The molecule has 1 heterocycles. The molecule has 1 aromatic heterocycles. The van der Waals surface area contributed by atoms with Gasteiger partial charge in [-0.2, -0.15) is 0 Å². The van der Waals surface area contributed by atoms with E-state index in [1.807, 2.05) is 30.3 Å². The van der Waals surface area contributed by atoms with Gasteiger partial charge < -0.3 is 4.42 Å². The van der Waals surface area contributed by atoms with Crippen LogP contribution in [-0.4, -0.2) is 0 Å². The average molecular weight is 237 g/mol. The highest BCUT2D eigenvalue weighted by Crippen LogP contribution is 2.34. The van der Waals surface area contributed by atoms with Gasteiger partial charge in [0.05, 0.1) is 10.0 Å². The number of benzene rings is 2. The monoisotopic (exact) mass is 236 g/mol. The first-order chi connectivity index (χ1) is 7.25. The predicted octanol–water partition coefficient (Wildman–Crippen LogP) is 4.89. The van der Waals surface area contributed by atoms with E-state index >= 15 is 0 Å². The molecular formula is C12H6Cl2O. The Bertz CT molecular complexity index is 655. The Hall–Kier alpha value is -1.18. The first-order valence-electron chi connectivity index (χ1n) is 4.52. The minimum Gasteiger partial charge on any atom is -0.456 e. The van der Waals surface area contributed by atoms with Crippen molar-refractivity contribution in [2.45, 2.75) is 0 Å². The fourth-order valence-electron chi connectivity index (χ4n) is 1.72. The van der Waals surface area contributed by atoms with Crippen LogP contribution >= 0.6 is 23.2 Å². The molecule has 2 aromatic carbocycles. The Labute approximate surface area is 96.2 Å². The van der Waals surface area contributed by atoms with Crippen molar-refractivity contribution in [3.05, 3.63) is 46.4 Å². The highest BCUT2D eigenvalue weighted by atomic mass is 35.5. The van der Waals surface area contributed by atoms with Crippen LogP contribution in [0.2, 0.25) is 10.0 Å². The zero-order chi connectivity index (χ0) is 10.4. The van der Waals surface area contributed by atoms with E-state index in [4.69, 9.17) is 27.6 Å². The smallest absolute Gasteiger partial charge is 0.137 e. The van der Waals surface area contributed by atoms with Gasteiger partial charge in [0.15, 0.2) is 0 Å². The molecule has 3 heteroatoms. The summed E-state index contributed by atoms with van der Waals surface area (Å²) in [6.07, 6.45) is 0. The Kier molecular flexibility index (Phi) is 1.91. The maximum Gasteiger partial charge on any atom is 0.137 e. The number of furan rings is 1. The summed E-state index contributed by atoms with van der Waals surface area (Å²) in [6, 6.07) is 11.4. The quantitative estimate of drug-likeness (QED) is 0.542. The van der Waals surface area contributed by atoms with Crippen molar-refractivity contribution < 1.29 is 4.42 Å². The van der Waals surface area contributed by atoms with Crippen LogP contribution in [0.15, 0.2) is 40.8 Å². The molecule has 0 spiro atoms.